The van der Waals surface area contributed by atoms with Crippen molar-refractivity contribution >= 4 is 11.8 Å². The van der Waals surface area contributed by atoms with Crippen molar-refractivity contribution in [2.75, 3.05) is 0 Å². The minimum Gasteiger partial charge on any atom is -0.488 e. The number of carboxylic acids is 1. The van der Waals surface area contributed by atoms with Crippen molar-refractivity contribution in [2.45, 2.75) is 32.8 Å². The van der Waals surface area contributed by atoms with E-state index in [0.29, 0.717) is 24.3 Å². The van der Waals surface area contributed by atoms with Gasteiger partial charge in [-0.3, -0.25) is 9.59 Å². The third kappa shape index (κ3) is 5.25. The van der Waals surface area contributed by atoms with Crippen LogP contribution in [0.25, 0.3) is 0 Å². The number of carboxylic acid groups (broad SMARTS) is 1. The highest BCUT2D eigenvalue weighted by atomic mass is 16.5. The van der Waals surface area contributed by atoms with Crippen LogP contribution in [0.5, 0.6) is 5.75 Å². The van der Waals surface area contributed by atoms with E-state index in [1.54, 1.807) is 12.1 Å². The quantitative estimate of drug-likeness (QED) is 0.748. The van der Waals surface area contributed by atoms with Crippen molar-refractivity contribution in [1.29, 1.82) is 0 Å². The van der Waals surface area contributed by atoms with E-state index in [4.69, 9.17) is 9.84 Å². The lowest BCUT2D eigenvalue weighted by atomic mass is 10.0. The van der Waals surface area contributed by atoms with Crippen molar-refractivity contribution in [3.63, 3.8) is 0 Å². The lowest BCUT2D eigenvalue weighted by molar-refractivity contribution is -0.137. The molecule has 0 aliphatic carbocycles. The molecule has 0 saturated heterocycles. The molecule has 4 nitrogen and oxygen atoms in total. The Morgan fingerprint density at radius 3 is 2.48 bits per heavy atom. The second kappa shape index (κ2) is 8.13. The smallest absolute Gasteiger partial charge is 0.303 e. The number of Topliss-reactive ketones (excluding diaryl/α,β-unsaturated/α-hetero) is 1. The van der Waals surface area contributed by atoms with Crippen LogP contribution in [0.4, 0.5) is 0 Å². The molecule has 120 valence electrons. The third-order valence-electron chi connectivity index (χ3n) is 3.47. The number of rotatable bonds is 8. The molecule has 0 bridgehead atoms. The van der Waals surface area contributed by atoms with Crippen molar-refractivity contribution in [1.82, 2.24) is 0 Å². The maximum Gasteiger partial charge on any atom is 0.303 e. The van der Waals surface area contributed by atoms with E-state index in [1.165, 1.54) is 0 Å². The summed E-state index contributed by atoms with van der Waals surface area (Å²) in [4.78, 5) is 22.9. The Hall–Kier alpha value is -2.62. The lowest BCUT2D eigenvalue weighted by Gasteiger charge is -2.12. The van der Waals surface area contributed by atoms with E-state index < -0.39 is 5.97 Å². The van der Waals surface area contributed by atoms with E-state index in [9.17, 15) is 9.59 Å². The highest BCUT2D eigenvalue weighted by molar-refractivity contribution is 5.99. The standard InChI is InChI=1S/C19H20O4/c1-14-10-11-18(23-13-15-6-3-2-4-7-15)16(12-14)17(20)8-5-9-19(21)22/h2-4,6-7,10-12H,5,8-9,13H2,1H3,(H,21,22). The first kappa shape index (κ1) is 16.7. The fraction of sp³-hybridized carbons (Fsp3) is 0.263. The summed E-state index contributed by atoms with van der Waals surface area (Å²) in [6, 6.07) is 15.2. The number of ketones is 1. The first-order chi connectivity index (χ1) is 11.1. The normalized spacial score (nSPS) is 10.3. The van der Waals surface area contributed by atoms with Crippen LogP contribution < -0.4 is 4.74 Å². The Kier molecular flexibility index (Phi) is 5.92. The molecule has 4 heteroatoms. The summed E-state index contributed by atoms with van der Waals surface area (Å²) in [7, 11) is 0. The first-order valence-electron chi connectivity index (χ1n) is 7.58. The summed E-state index contributed by atoms with van der Waals surface area (Å²) >= 11 is 0. The molecule has 23 heavy (non-hydrogen) atoms. The van der Waals surface area contributed by atoms with Gasteiger partial charge in [-0.1, -0.05) is 42.0 Å². The average molecular weight is 312 g/mol. The highest BCUT2D eigenvalue weighted by Gasteiger charge is 2.13. The zero-order valence-electron chi connectivity index (χ0n) is 13.1. The topological polar surface area (TPSA) is 63.6 Å². The molecule has 1 N–H and O–H groups in total. The summed E-state index contributed by atoms with van der Waals surface area (Å²) in [5.74, 6) is -0.430. The van der Waals surface area contributed by atoms with Gasteiger partial charge < -0.3 is 9.84 Å². The number of benzene rings is 2. The molecule has 0 saturated carbocycles. The number of aliphatic carboxylic acids is 1. The van der Waals surface area contributed by atoms with Crippen LogP contribution in [0.1, 0.15) is 40.7 Å². The molecule has 0 aliphatic heterocycles. The SMILES string of the molecule is Cc1ccc(OCc2ccccc2)c(C(=O)CCCC(=O)O)c1. The second-order valence-electron chi connectivity index (χ2n) is 5.44. The molecule has 2 aromatic carbocycles. The van der Waals surface area contributed by atoms with Gasteiger partial charge >= 0.3 is 5.97 Å². The van der Waals surface area contributed by atoms with Crippen LogP contribution in [0, 0.1) is 6.92 Å². The van der Waals surface area contributed by atoms with Crippen LogP contribution >= 0.6 is 0 Å². The second-order valence-corrected chi connectivity index (χ2v) is 5.44. The van der Waals surface area contributed by atoms with Crippen LogP contribution in [0.3, 0.4) is 0 Å². The summed E-state index contributed by atoms with van der Waals surface area (Å²) < 4.78 is 5.79. The molecule has 0 radical (unpaired) electrons. The van der Waals surface area contributed by atoms with Gasteiger partial charge in [0.15, 0.2) is 5.78 Å². The third-order valence-corrected chi connectivity index (χ3v) is 3.47. The van der Waals surface area contributed by atoms with E-state index in [1.807, 2.05) is 43.3 Å². The molecule has 0 unspecified atom stereocenters. The van der Waals surface area contributed by atoms with Gasteiger partial charge in [-0.05, 0) is 31.0 Å². The van der Waals surface area contributed by atoms with Crippen LogP contribution in [-0.2, 0) is 11.4 Å². The Balaban J connectivity index is 2.07. The summed E-state index contributed by atoms with van der Waals surface area (Å²) in [6.07, 6.45) is 0.537. The molecule has 2 rings (SSSR count). The van der Waals surface area contributed by atoms with Crippen LogP contribution in [0.15, 0.2) is 48.5 Å². The molecule has 0 spiro atoms. The van der Waals surface area contributed by atoms with Gasteiger partial charge in [0, 0.05) is 12.8 Å². The Morgan fingerprint density at radius 1 is 1.04 bits per heavy atom. The summed E-state index contributed by atoms with van der Waals surface area (Å²) in [6.45, 7) is 2.30. The minimum absolute atomic E-state index is 0.00222. The van der Waals surface area contributed by atoms with Gasteiger partial charge in [-0.15, -0.1) is 0 Å². The monoisotopic (exact) mass is 312 g/mol. The molecular weight excluding hydrogens is 292 g/mol. The fourth-order valence-corrected chi connectivity index (χ4v) is 2.26. The van der Waals surface area contributed by atoms with Gasteiger partial charge in [0.2, 0.25) is 0 Å². The molecule has 0 amide bonds. The van der Waals surface area contributed by atoms with Gasteiger partial charge in [0.25, 0.3) is 0 Å². The predicted molar refractivity (Wildman–Crippen MR) is 87.8 cm³/mol. The predicted octanol–water partition coefficient (Wildman–Crippen LogP) is 4.01. The van der Waals surface area contributed by atoms with Crippen molar-refractivity contribution in [2.24, 2.45) is 0 Å². The fourth-order valence-electron chi connectivity index (χ4n) is 2.26. The van der Waals surface area contributed by atoms with Crippen LogP contribution in [-0.4, -0.2) is 16.9 Å². The number of aryl methyl sites for hydroxylation is 1. The van der Waals surface area contributed by atoms with Gasteiger partial charge in [0.1, 0.15) is 12.4 Å². The van der Waals surface area contributed by atoms with Crippen molar-refractivity contribution < 1.29 is 19.4 Å². The molecule has 0 aromatic heterocycles. The lowest BCUT2D eigenvalue weighted by Crippen LogP contribution is -2.06. The highest BCUT2D eigenvalue weighted by Crippen LogP contribution is 2.23. The average Bonchev–Trinajstić information content (AvgIpc) is 2.54. The largest absolute Gasteiger partial charge is 0.488 e. The van der Waals surface area contributed by atoms with Crippen LogP contribution in [0.2, 0.25) is 0 Å². The van der Waals surface area contributed by atoms with E-state index in [-0.39, 0.29) is 18.6 Å². The first-order valence-corrected chi connectivity index (χ1v) is 7.58. The number of carbonyl (C=O) groups excluding carboxylic acids is 1. The van der Waals surface area contributed by atoms with Gasteiger partial charge in [-0.2, -0.15) is 0 Å². The Morgan fingerprint density at radius 2 is 1.78 bits per heavy atom. The summed E-state index contributed by atoms with van der Waals surface area (Å²) in [5, 5.41) is 8.67. The number of carbonyl (C=O) groups is 2. The zero-order chi connectivity index (χ0) is 16.7. The summed E-state index contributed by atoms with van der Waals surface area (Å²) in [5.41, 5.74) is 2.52. The van der Waals surface area contributed by atoms with E-state index >= 15 is 0 Å². The van der Waals surface area contributed by atoms with E-state index in [0.717, 1.165) is 11.1 Å². The molecule has 0 fully saturated rings. The van der Waals surface area contributed by atoms with Gasteiger partial charge in [0.05, 0.1) is 5.56 Å². The zero-order valence-corrected chi connectivity index (χ0v) is 13.1. The minimum atomic E-state index is -0.886. The Bertz CT molecular complexity index is 677. The van der Waals surface area contributed by atoms with Crippen molar-refractivity contribution in [3.8, 4) is 5.75 Å². The maximum absolute atomic E-state index is 12.3. The number of hydrogen-bond donors (Lipinski definition) is 1. The van der Waals surface area contributed by atoms with E-state index in [2.05, 4.69) is 0 Å². The molecule has 2 aromatic rings. The Labute approximate surface area is 135 Å². The van der Waals surface area contributed by atoms with Gasteiger partial charge in [-0.25, -0.2) is 0 Å². The molecular formula is C19H20O4. The van der Waals surface area contributed by atoms with Crippen molar-refractivity contribution in [3.05, 3.63) is 65.2 Å². The number of hydrogen-bond acceptors (Lipinski definition) is 3. The molecule has 0 heterocycles. The maximum atomic E-state index is 12.3. The molecule has 0 atom stereocenters. The number of ether oxygens (including phenoxy) is 1. The molecule has 0 aliphatic rings.